The molecule has 0 aromatic carbocycles. The maximum atomic E-state index is 11.9. The second-order valence-corrected chi connectivity index (χ2v) is 5.00. The van der Waals surface area contributed by atoms with Crippen LogP contribution in [0.4, 0.5) is 5.69 Å². The van der Waals surface area contributed by atoms with Crippen LogP contribution in [0.1, 0.15) is 16.2 Å². The highest BCUT2D eigenvalue weighted by Gasteiger charge is 2.18. The second-order valence-electron chi connectivity index (χ2n) is 4.14. The fourth-order valence-corrected chi connectivity index (χ4v) is 2.01. The van der Waals surface area contributed by atoms with Gasteiger partial charge in [-0.2, -0.15) is 10.2 Å². The van der Waals surface area contributed by atoms with E-state index in [9.17, 15) is 9.59 Å². The molecule has 20 heavy (non-hydrogen) atoms. The van der Waals surface area contributed by atoms with E-state index < -0.39 is 5.97 Å². The van der Waals surface area contributed by atoms with Crippen LogP contribution >= 0.6 is 15.9 Å². The van der Waals surface area contributed by atoms with Crippen LogP contribution in [-0.2, 0) is 18.4 Å². The maximum absolute atomic E-state index is 11.9. The van der Waals surface area contributed by atoms with Gasteiger partial charge in [0.05, 0.1) is 22.1 Å². The topological polar surface area (TPSA) is 102 Å². The number of nitrogens with zero attached hydrogens (tertiary/aromatic N) is 4. The molecular formula is C11H12BrN5O3. The Bertz CT molecular complexity index is 656. The van der Waals surface area contributed by atoms with Crippen molar-refractivity contribution in [1.29, 1.82) is 0 Å². The Kier molecular flexibility index (Phi) is 3.89. The minimum atomic E-state index is -1.15. The van der Waals surface area contributed by atoms with Crippen LogP contribution in [0.25, 0.3) is 0 Å². The van der Waals surface area contributed by atoms with Gasteiger partial charge in [0.25, 0.3) is 0 Å². The Balaban J connectivity index is 2.10. The first-order valence-corrected chi connectivity index (χ1v) is 6.42. The van der Waals surface area contributed by atoms with Crippen molar-refractivity contribution in [2.24, 2.45) is 7.05 Å². The summed E-state index contributed by atoms with van der Waals surface area (Å²) in [6, 6.07) is 0. The number of anilines is 1. The van der Waals surface area contributed by atoms with Crippen LogP contribution in [0.2, 0.25) is 0 Å². The lowest BCUT2D eigenvalue weighted by molar-refractivity contribution is -0.116. The molecule has 106 valence electrons. The molecule has 0 saturated heterocycles. The number of carboxylic acid groups (broad SMARTS) is 1. The van der Waals surface area contributed by atoms with E-state index in [0.717, 1.165) is 10.2 Å². The number of rotatable bonds is 4. The number of aromatic nitrogens is 4. The van der Waals surface area contributed by atoms with E-state index in [1.54, 1.807) is 6.20 Å². The smallest absolute Gasteiger partial charge is 0.356 e. The molecule has 0 bridgehead atoms. The number of carbonyl (C=O) groups is 2. The van der Waals surface area contributed by atoms with Crippen molar-refractivity contribution in [3.05, 3.63) is 28.3 Å². The van der Waals surface area contributed by atoms with E-state index in [1.807, 2.05) is 6.92 Å². The second kappa shape index (κ2) is 5.45. The number of halogens is 1. The van der Waals surface area contributed by atoms with Gasteiger partial charge in [-0.1, -0.05) is 0 Å². The zero-order valence-electron chi connectivity index (χ0n) is 10.8. The van der Waals surface area contributed by atoms with Crippen LogP contribution < -0.4 is 5.32 Å². The van der Waals surface area contributed by atoms with E-state index in [4.69, 9.17) is 5.11 Å². The summed E-state index contributed by atoms with van der Waals surface area (Å²) in [6.45, 7) is 1.79. The summed E-state index contributed by atoms with van der Waals surface area (Å²) in [5.41, 5.74) is 0.856. The van der Waals surface area contributed by atoms with Crippen molar-refractivity contribution in [3.8, 4) is 0 Å². The van der Waals surface area contributed by atoms with E-state index >= 15 is 0 Å². The zero-order valence-corrected chi connectivity index (χ0v) is 12.4. The number of aromatic carboxylic acids is 1. The lowest BCUT2D eigenvalue weighted by atomic mass is 10.3. The molecule has 2 aromatic heterocycles. The molecule has 0 saturated carbocycles. The van der Waals surface area contributed by atoms with Crippen LogP contribution in [0.15, 0.2) is 16.9 Å². The third-order valence-corrected chi connectivity index (χ3v) is 3.39. The van der Waals surface area contributed by atoms with Crippen molar-refractivity contribution >= 4 is 33.5 Å². The summed E-state index contributed by atoms with van der Waals surface area (Å²) in [4.78, 5) is 22.9. The molecule has 0 atom stereocenters. The molecule has 0 fully saturated rings. The molecule has 0 unspecified atom stereocenters. The van der Waals surface area contributed by atoms with Crippen molar-refractivity contribution in [3.63, 3.8) is 0 Å². The number of amides is 1. The third kappa shape index (κ3) is 2.87. The van der Waals surface area contributed by atoms with Crippen LogP contribution in [0.3, 0.4) is 0 Å². The molecule has 8 nitrogen and oxygen atoms in total. The lowest BCUT2D eigenvalue weighted by Crippen LogP contribution is -2.20. The summed E-state index contributed by atoms with van der Waals surface area (Å²) >= 11 is 3.30. The predicted molar refractivity (Wildman–Crippen MR) is 73.5 cm³/mol. The summed E-state index contributed by atoms with van der Waals surface area (Å²) in [7, 11) is 1.49. The predicted octanol–water partition coefficient (Wildman–Crippen LogP) is 1.02. The van der Waals surface area contributed by atoms with Gasteiger partial charge in [0.1, 0.15) is 6.54 Å². The highest BCUT2D eigenvalue weighted by molar-refractivity contribution is 9.10. The van der Waals surface area contributed by atoms with Crippen LogP contribution in [0.5, 0.6) is 0 Å². The number of aryl methyl sites for hydroxylation is 2. The van der Waals surface area contributed by atoms with Gasteiger partial charge in [-0.3, -0.25) is 14.2 Å². The normalized spacial score (nSPS) is 10.6. The Morgan fingerprint density at radius 2 is 2.20 bits per heavy atom. The fraction of sp³-hybridized carbons (Fsp3) is 0.273. The summed E-state index contributed by atoms with van der Waals surface area (Å²) in [5.74, 6) is -1.53. The molecular weight excluding hydrogens is 330 g/mol. The highest BCUT2D eigenvalue weighted by atomic mass is 79.9. The van der Waals surface area contributed by atoms with Crippen molar-refractivity contribution < 1.29 is 14.7 Å². The van der Waals surface area contributed by atoms with Gasteiger partial charge >= 0.3 is 5.97 Å². The zero-order chi connectivity index (χ0) is 14.9. The summed E-state index contributed by atoms with van der Waals surface area (Å²) in [5, 5.41) is 19.5. The molecule has 1 amide bonds. The van der Waals surface area contributed by atoms with Crippen LogP contribution in [0, 0.1) is 6.92 Å². The molecule has 2 rings (SSSR count). The molecule has 0 aliphatic heterocycles. The summed E-state index contributed by atoms with van der Waals surface area (Å²) < 4.78 is 3.45. The van der Waals surface area contributed by atoms with E-state index in [-0.39, 0.29) is 23.8 Å². The van der Waals surface area contributed by atoms with E-state index in [0.29, 0.717) is 0 Å². The maximum Gasteiger partial charge on any atom is 0.356 e. The lowest BCUT2D eigenvalue weighted by Gasteiger charge is -2.04. The average molecular weight is 342 g/mol. The van der Waals surface area contributed by atoms with Gasteiger partial charge in [0.2, 0.25) is 5.91 Å². The number of hydrogen-bond acceptors (Lipinski definition) is 4. The summed E-state index contributed by atoms with van der Waals surface area (Å²) in [6.07, 6.45) is 2.97. The van der Waals surface area contributed by atoms with Gasteiger partial charge in [0, 0.05) is 13.2 Å². The average Bonchev–Trinajstić information content (AvgIpc) is 2.83. The Labute approximate surface area is 122 Å². The Hall–Kier alpha value is -2.16. The van der Waals surface area contributed by atoms with Gasteiger partial charge in [-0.05, 0) is 22.9 Å². The van der Waals surface area contributed by atoms with Gasteiger partial charge in [-0.15, -0.1) is 0 Å². The molecule has 2 heterocycles. The van der Waals surface area contributed by atoms with E-state index in [1.165, 1.54) is 22.6 Å². The van der Waals surface area contributed by atoms with Crippen molar-refractivity contribution in [1.82, 2.24) is 19.6 Å². The number of hydrogen-bond donors (Lipinski definition) is 2. The van der Waals surface area contributed by atoms with E-state index in [2.05, 4.69) is 31.4 Å². The SMILES string of the molecule is Cc1nn(CC(=O)Nc2cnn(C)c2C(=O)O)cc1Br. The number of carboxylic acids is 1. The number of nitrogens with one attached hydrogen (secondary N) is 1. The molecule has 2 N–H and O–H groups in total. The van der Waals surface area contributed by atoms with Gasteiger partial charge in [0.15, 0.2) is 5.69 Å². The minimum Gasteiger partial charge on any atom is -0.476 e. The molecule has 2 aromatic rings. The van der Waals surface area contributed by atoms with Crippen LogP contribution in [-0.4, -0.2) is 36.5 Å². The first-order valence-electron chi connectivity index (χ1n) is 5.63. The quantitative estimate of drug-likeness (QED) is 0.864. The molecule has 0 spiro atoms. The van der Waals surface area contributed by atoms with Crippen molar-refractivity contribution in [2.75, 3.05) is 5.32 Å². The monoisotopic (exact) mass is 341 g/mol. The number of carbonyl (C=O) groups excluding carboxylic acids is 1. The first-order chi connectivity index (χ1) is 9.38. The van der Waals surface area contributed by atoms with Gasteiger partial charge < -0.3 is 10.4 Å². The third-order valence-electron chi connectivity index (χ3n) is 2.61. The van der Waals surface area contributed by atoms with Gasteiger partial charge in [-0.25, -0.2) is 4.79 Å². The largest absolute Gasteiger partial charge is 0.476 e. The van der Waals surface area contributed by atoms with Crippen molar-refractivity contribution in [2.45, 2.75) is 13.5 Å². The first kappa shape index (κ1) is 14.3. The minimum absolute atomic E-state index is 0.0135. The molecule has 0 aliphatic carbocycles. The fourth-order valence-electron chi connectivity index (χ4n) is 1.69. The Morgan fingerprint density at radius 3 is 2.75 bits per heavy atom. The standard InChI is InChI=1S/C11H12BrN5O3/c1-6-7(12)4-17(15-6)5-9(18)14-8-3-13-16(2)10(8)11(19)20/h3-4H,5H2,1-2H3,(H,14,18)(H,19,20). The molecule has 0 radical (unpaired) electrons. The molecule has 9 heteroatoms. The highest BCUT2D eigenvalue weighted by Crippen LogP contribution is 2.15. The Morgan fingerprint density at radius 1 is 1.50 bits per heavy atom. The molecule has 0 aliphatic rings.